The SMILES string of the molecule is CCCCCCCCc1ccc(C2(O)CCC(C(=O)OC)CC2)cc1. The van der Waals surface area contributed by atoms with E-state index in [0.717, 1.165) is 12.0 Å². The Morgan fingerprint density at radius 1 is 1.08 bits per heavy atom. The number of carbonyl (C=O) groups is 1. The number of hydrogen-bond donors (Lipinski definition) is 1. The second-order valence-corrected chi connectivity index (χ2v) is 7.54. The summed E-state index contributed by atoms with van der Waals surface area (Å²) in [4.78, 5) is 11.6. The fourth-order valence-electron chi connectivity index (χ4n) is 3.88. The first-order valence-corrected chi connectivity index (χ1v) is 9.98. The highest BCUT2D eigenvalue weighted by molar-refractivity contribution is 5.72. The number of esters is 1. The molecule has 140 valence electrons. The summed E-state index contributed by atoms with van der Waals surface area (Å²) >= 11 is 0. The van der Waals surface area contributed by atoms with E-state index in [1.54, 1.807) is 0 Å². The average molecular weight is 347 g/mol. The van der Waals surface area contributed by atoms with Crippen LogP contribution in [-0.2, 0) is 21.6 Å². The number of unbranched alkanes of at least 4 members (excludes halogenated alkanes) is 5. The lowest BCUT2D eigenvalue weighted by atomic mass is 9.75. The first-order chi connectivity index (χ1) is 12.1. The second-order valence-electron chi connectivity index (χ2n) is 7.54. The molecule has 1 N–H and O–H groups in total. The molecular formula is C22H34O3. The molecule has 1 aliphatic carbocycles. The Labute approximate surface area is 152 Å². The van der Waals surface area contributed by atoms with Crippen LogP contribution in [0.4, 0.5) is 0 Å². The Morgan fingerprint density at radius 2 is 1.68 bits per heavy atom. The average Bonchev–Trinajstić information content (AvgIpc) is 2.65. The van der Waals surface area contributed by atoms with Crippen molar-refractivity contribution >= 4 is 5.97 Å². The highest BCUT2D eigenvalue weighted by Gasteiger charge is 2.37. The Hall–Kier alpha value is -1.35. The van der Waals surface area contributed by atoms with Crippen molar-refractivity contribution in [2.75, 3.05) is 7.11 Å². The highest BCUT2D eigenvalue weighted by Crippen LogP contribution is 2.39. The zero-order valence-corrected chi connectivity index (χ0v) is 15.9. The lowest BCUT2D eigenvalue weighted by Crippen LogP contribution is -2.34. The van der Waals surface area contributed by atoms with E-state index in [-0.39, 0.29) is 11.9 Å². The lowest BCUT2D eigenvalue weighted by molar-refractivity contribution is -0.148. The van der Waals surface area contributed by atoms with Gasteiger partial charge in [-0.15, -0.1) is 0 Å². The van der Waals surface area contributed by atoms with Crippen LogP contribution in [0.2, 0.25) is 0 Å². The maximum Gasteiger partial charge on any atom is 0.308 e. The molecule has 0 amide bonds. The van der Waals surface area contributed by atoms with Gasteiger partial charge in [-0.05, 0) is 49.7 Å². The summed E-state index contributed by atoms with van der Waals surface area (Å²) in [5.41, 5.74) is 1.55. The van der Waals surface area contributed by atoms with E-state index >= 15 is 0 Å². The molecule has 1 aliphatic rings. The minimum absolute atomic E-state index is 0.0581. The van der Waals surface area contributed by atoms with Crippen LogP contribution < -0.4 is 0 Å². The standard InChI is InChI=1S/C22H34O3/c1-3-4-5-6-7-8-9-18-10-12-20(13-11-18)22(24)16-14-19(15-17-22)21(23)25-2/h10-13,19,24H,3-9,14-17H2,1-2H3. The largest absolute Gasteiger partial charge is 0.469 e. The maximum absolute atomic E-state index is 11.6. The molecule has 3 heteroatoms. The predicted octanol–water partition coefficient (Wildman–Crippen LogP) is 5.14. The van der Waals surface area contributed by atoms with Crippen molar-refractivity contribution in [2.24, 2.45) is 5.92 Å². The summed E-state index contributed by atoms with van der Waals surface area (Å²) in [6.07, 6.45) is 11.7. The third kappa shape index (κ3) is 5.85. The molecule has 1 saturated carbocycles. The van der Waals surface area contributed by atoms with E-state index in [0.29, 0.717) is 25.7 Å². The Bertz CT molecular complexity index is 513. The van der Waals surface area contributed by atoms with Gasteiger partial charge in [0.05, 0.1) is 18.6 Å². The number of benzene rings is 1. The van der Waals surface area contributed by atoms with E-state index in [1.165, 1.54) is 51.2 Å². The van der Waals surface area contributed by atoms with Crippen LogP contribution in [0.1, 0.15) is 82.3 Å². The van der Waals surface area contributed by atoms with Crippen LogP contribution in [0.5, 0.6) is 0 Å². The van der Waals surface area contributed by atoms with Gasteiger partial charge in [-0.25, -0.2) is 0 Å². The molecule has 1 fully saturated rings. The fraction of sp³-hybridized carbons (Fsp3) is 0.682. The van der Waals surface area contributed by atoms with Crippen molar-refractivity contribution < 1.29 is 14.6 Å². The van der Waals surface area contributed by atoms with Gasteiger partial charge in [-0.2, -0.15) is 0 Å². The molecule has 0 saturated heterocycles. The summed E-state index contributed by atoms with van der Waals surface area (Å²) < 4.78 is 4.83. The van der Waals surface area contributed by atoms with Crippen LogP contribution in [0.15, 0.2) is 24.3 Å². The fourth-order valence-corrected chi connectivity index (χ4v) is 3.88. The highest BCUT2D eigenvalue weighted by atomic mass is 16.5. The van der Waals surface area contributed by atoms with Crippen molar-refractivity contribution in [2.45, 2.75) is 83.2 Å². The van der Waals surface area contributed by atoms with E-state index in [1.807, 2.05) is 0 Å². The van der Waals surface area contributed by atoms with Gasteiger partial charge in [0.2, 0.25) is 0 Å². The monoisotopic (exact) mass is 346 g/mol. The van der Waals surface area contributed by atoms with Gasteiger partial charge in [0, 0.05) is 0 Å². The van der Waals surface area contributed by atoms with Gasteiger partial charge in [-0.3, -0.25) is 4.79 Å². The first kappa shape index (κ1) is 20.0. The topological polar surface area (TPSA) is 46.5 Å². The third-order valence-corrected chi connectivity index (χ3v) is 5.66. The van der Waals surface area contributed by atoms with Crippen molar-refractivity contribution in [1.29, 1.82) is 0 Å². The second kappa shape index (κ2) is 9.96. The molecule has 3 nitrogen and oxygen atoms in total. The van der Waals surface area contributed by atoms with Gasteiger partial charge in [0.1, 0.15) is 0 Å². The van der Waals surface area contributed by atoms with Crippen LogP contribution in [0.25, 0.3) is 0 Å². The molecule has 0 heterocycles. The first-order valence-electron chi connectivity index (χ1n) is 9.98. The van der Waals surface area contributed by atoms with E-state index < -0.39 is 5.60 Å². The molecule has 2 rings (SSSR count). The molecule has 0 aromatic heterocycles. The number of carbonyl (C=O) groups excluding carboxylic acids is 1. The molecule has 0 spiro atoms. The Morgan fingerprint density at radius 3 is 2.28 bits per heavy atom. The molecule has 0 unspecified atom stereocenters. The number of aliphatic hydroxyl groups is 1. The third-order valence-electron chi connectivity index (χ3n) is 5.66. The summed E-state index contributed by atoms with van der Waals surface area (Å²) in [5, 5.41) is 11.0. The Balaban J connectivity index is 1.80. The minimum Gasteiger partial charge on any atom is -0.469 e. The molecular weight excluding hydrogens is 312 g/mol. The van der Waals surface area contributed by atoms with Gasteiger partial charge in [-0.1, -0.05) is 63.3 Å². The van der Waals surface area contributed by atoms with Crippen LogP contribution in [-0.4, -0.2) is 18.2 Å². The molecule has 25 heavy (non-hydrogen) atoms. The molecule has 0 atom stereocenters. The van der Waals surface area contributed by atoms with Crippen molar-refractivity contribution in [3.8, 4) is 0 Å². The zero-order chi connectivity index (χ0) is 18.1. The zero-order valence-electron chi connectivity index (χ0n) is 15.9. The summed E-state index contributed by atoms with van der Waals surface area (Å²) in [5.74, 6) is -0.200. The van der Waals surface area contributed by atoms with Crippen LogP contribution in [0, 0.1) is 5.92 Å². The van der Waals surface area contributed by atoms with Gasteiger partial charge in [0.25, 0.3) is 0 Å². The molecule has 1 aromatic rings. The van der Waals surface area contributed by atoms with E-state index in [2.05, 4.69) is 31.2 Å². The number of ether oxygens (including phenoxy) is 1. The van der Waals surface area contributed by atoms with E-state index in [9.17, 15) is 9.90 Å². The normalized spacial score (nSPS) is 23.4. The number of methoxy groups -OCH3 is 1. The Kier molecular flexibility index (Phi) is 7.95. The lowest BCUT2D eigenvalue weighted by Gasteiger charge is -2.35. The van der Waals surface area contributed by atoms with Crippen molar-refractivity contribution in [3.63, 3.8) is 0 Å². The number of hydrogen-bond acceptors (Lipinski definition) is 3. The van der Waals surface area contributed by atoms with E-state index in [4.69, 9.17) is 4.74 Å². The number of aryl methyl sites for hydroxylation is 1. The van der Waals surface area contributed by atoms with Crippen LogP contribution >= 0.6 is 0 Å². The smallest absolute Gasteiger partial charge is 0.308 e. The van der Waals surface area contributed by atoms with Crippen LogP contribution in [0.3, 0.4) is 0 Å². The molecule has 0 radical (unpaired) electrons. The minimum atomic E-state index is -0.788. The summed E-state index contributed by atoms with van der Waals surface area (Å²) in [7, 11) is 1.44. The predicted molar refractivity (Wildman–Crippen MR) is 101 cm³/mol. The quantitative estimate of drug-likeness (QED) is 0.497. The van der Waals surface area contributed by atoms with Gasteiger partial charge >= 0.3 is 5.97 Å². The van der Waals surface area contributed by atoms with Gasteiger partial charge in [0.15, 0.2) is 0 Å². The number of rotatable bonds is 9. The van der Waals surface area contributed by atoms with Gasteiger partial charge < -0.3 is 9.84 Å². The molecule has 0 aliphatic heterocycles. The van der Waals surface area contributed by atoms with Crippen molar-refractivity contribution in [3.05, 3.63) is 35.4 Å². The van der Waals surface area contributed by atoms with Crippen molar-refractivity contribution in [1.82, 2.24) is 0 Å². The summed E-state index contributed by atoms with van der Waals surface area (Å²) in [6.45, 7) is 2.25. The molecule has 1 aromatic carbocycles. The maximum atomic E-state index is 11.6. The molecule has 0 bridgehead atoms. The summed E-state index contributed by atoms with van der Waals surface area (Å²) in [6, 6.07) is 8.47.